The predicted octanol–water partition coefficient (Wildman–Crippen LogP) is 5.17. The molecule has 0 N–H and O–H groups in total. The summed E-state index contributed by atoms with van der Waals surface area (Å²) in [6.07, 6.45) is 3.09. The minimum Gasteiger partial charge on any atom is -0.282 e. The Morgan fingerprint density at radius 2 is 1.87 bits per heavy atom. The zero-order chi connectivity index (χ0) is 26.9. The Morgan fingerprint density at radius 3 is 2.55 bits per heavy atom. The summed E-state index contributed by atoms with van der Waals surface area (Å²) in [7, 11) is -4.01. The fourth-order valence-corrected chi connectivity index (χ4v) is 7.14. The van der Waals surface area contributed by atoms with Crippen LogP contribution in [0.15, 0.2) is 65.7 Å². The number of benzene rings is 2. The molecule has 2 aromatic carbocycles. The summed E-state index contributed by atoms with van der Waals surface area (Å²) in [4.78, 5) is 24.4. The van der Waals surface area contributed by atoms with Gasteiger partial charge in [-0.2, -0.15) is 4.31 Å². The molecule has 1 aliphatic rings. The van der Waals surface area contributed by atoms with E-state index in [-0.39, 0.29) is 30.4 Å². The molecule has 0 aliphatic carbocycles. The molecule has 0 atom stereocenters. The van der Waals surface area contributed by atoms with Gasteiger partial charge in [-0.05, 0) is 61.2 Å². The van der Waals surface area contributed by atoms with E-state index in [1.807, 2.05) is 36.4 Å². The second-order valence-electron chi connectivity index (χ2n) is 9.11. The van der Waals surface area contributed by atoms with E-state index in [1.165, 1.54) is 15.6 Å². The minimum atomic E-state index is -4.01. The van der Waals surface area contributed by atoms with Gasteiger partial charge in [-0.25, -0.2) is 22.2 Å². The van der Waals surface area contributed by atoms with Crippen molar-refractivity contribution in [2.24, 2.45) is 5.92 Å². The van der Waals surface area contributed by atoms with Crippen LogP contribution in [0.4, 0.5) is 13.9 Å². The Hall–Kier alpha value is -3.28. The molecule has 198 valence electrons. The maximum absolute atomic E-state index is 13.8. The number of amides is 1. The molecule has 0 saturated carbocycles. The van der Waals surface area contributed by atoms with Crippen LogP contribution in [-0.4, -0.2) is 41.7 Å². The Bertz CT molecular complexity index is 1570. The van der Waals surface area contributed by atoms with Crippen molar-refractivity contribution >= 4 is 42.6 Å². The fraction of sp³-hybridized carbons (Fsp3) is 0.296. The number of hydrogen-bond donors (Lipinski definition) is 0. The van der Waals surface area contributed by atoms with E-state index in [1.54, 1.807) is 11.1 Å². The highest BCUT2D eigenvalue weighted by molar-refractivity contribution is 7.89. The highest BCUT2D eigenvalue weighted by atomic mass is 32.2. The molecule has 5 rings (SSSR count). The molecular formula is C27H26F2N4O3S2. The van der Waals surface area contributed by atoms with Crippen LogP contribution < -0.4 is 4.90 Å². The summed E-state index contributed by atoms with van der Waals surface area (Å²) >= 11 is 1.44. The van der Waals surface area contributed by atoms with Crippen LogP contribution in [0.25, 0.3) is 10.2 Å². The average Bonchev–Trinajstić information content (AvgIpc) is 3.37. The number of pyridine rings is 1. The Kier molecular flexibility index (Phi) is 7.51. The van der Waals surface area contributed by atoms with Crippen LogP contribution in [0.5, 0.6) is 0 Å². The first-order chi connectivity index (χ1) is 18.3. The van der Waals surface area contributed by atoms with E-state index in [0.29, 0.717) is 29.7 Å². The lowest BCUT2D eigenvalue weighted by atomic mass is 9.96. The maximum atomic E-state index is 13.8. The third kappa shape index (κ3) is 5.18. The van der Waals surface area contributed by atoms with Crippen molar-refractivity contribution in [1.82, 2.24) is 14.3 Å². The van der Waals surface area contributed by atoms with Gasteiger partial charge in [0, 0.05) is 25.2 Å². The van der Waals surface area contributed by atoms with Crippen molar-refractivity contribution in [1.29, 1.82) is 0 Å². The molecule has 1 aliphatic heterocycles. The molecule has 1 fully saturated rings. The van der Waals surface area contributed by atoms with Gasteiger partial charge in [0.05, 0.1) is 27.4 Å². The number of anilines is 1. The van der Waals surface area contributed by atoms with Gasteiger partial charge in [-0.1, -0.05) is 36.5 Å². The van der Waals surface area contributed by atoms with Crippen LogP contribution in [0.1, 0.15) is 31.0 Å². The van der Waals surface area contributed by atoms with Gasteiger partial charge in [0.2, 0.25) is 15.9 Å². The van der Waals surface area contributed by atoms with E-state index in [4.69, 9.17) is 4.98 Å². The molecule has 0 spiro atoms. The molecule has 7 nitrogen and oxygen atoms in total. The van der Waals surface area contributed by atoms with Gasteiger partial charge in [-0.3, -0.25) is 14.7 Å². The van der Waals surface area contributed by atoms with Crippen molar-refractivity contribution in [3.63, 3.8) is 0 Å². The Labute approximate surface area is 223 Å². The van der Waals surface area contributed by atoms with Crippen LogP contribution >= 0.6 is 11.3 Å². The SMILES string of the molecule is CCc1cccc2sc(N(Cc3ccccn3)C(=O)C3CCN(S(=O)(=O)c4ccc(F)c(F)c4)CC3)nc12. The van der Waals surface area contributed by atoms with E-state index >= 15 is 0 Å². The molecule has 0 bridgehead atoms. The second-order valence-corrected chi connectivity index (χ2v) is 12.1. The first kappa shape index (κ1) is 26.3. The molecular weight excluding hydrogens is 530 g/mol. The lowest BCUT2D eigenvalue weighted by molar-refractivity contribution is -0.123. The maximum Gasteiger partial charge on any atom is 0.243 e. The summed E-state index contributed by atoms with van der Waals surface area (Å²) in [5.41, 5.74) is 2.70. The number of hydrogen-bond acceptors (Lipinski definition) is 6. The number of aromatic nitrogens is 2. The molecule has 0 radical (unpaired) electrons. The highest BCUT2D eigenvalue weighted by Gasteiger charge is 2.35. The lowest BCUT2D eigenvalue weighted by Crippen LogP contribution is -2.44. The van der Waals surface area contributed by atoms with Gasteiger partial charge < -0.3 is 0 Å². The molecule has 2 aromatic heterocycles. The zero-order valence-electron chi connectivity index (χ0n) is 20.7. The van der Waals surface area contributed by atoms with Crippen molar-refractivity contribution in [2.75, 3.05) is 18.0 Å². The summed E-state index contributed by atoms with van der Waals surface area (Å²) < 4.78 is 55.2. The smallest absolute Gasteiger partial charge is 0.243 e. The molecule has 1 amide bonds. The number of thiazole rings is 1. The summed E-state index contributed by atoms with van der Waals surface area (Å²) in [5.74, 6) is -2.89. The zero-order valence-corrected chi connectivity index (χ0v) is 22.3. The number of piperidine rings is 1. The van der Waals surface area contributed by atoms with Gasteiger partial charge >= 0.3 is 0 Å². The fourth-order valence-electron chi connectivity index (χ4n) is 4.64. The number of aryl methyl sites for hydroxylation is 1. The monoisotopic (exact) mass is 556 g/mol. The van der Waals surface area contributed by atoms with Crippen molar-refractivity contribution < 1.29 is 22.0 Å². The third-order valence-corrected chi connectivity index (χ3v) is 9.69. The summed E-state index contributed by atoms with van der Waals surface area (Å²) in [6.45, 7) is 2.49. The van der Waals surface area contributed by atoms with E-state index in [2.05, 4.69) is 11.9 Å². The van der Waals surface area contributed by atoms with Crippen LogP contribution in [0.2, 0.25) is 0 Å². The van der Waals surface area contributed by atoms with Crippen LogP contribution in [0, 0.1) is 17.6 Å². The van der Waals surface area contributed by atoms with E-state index in [9.17, 15) is 22.0 Å². The van der Waals surface area contributed by atoms with Gasteiger partial charge in [0.25, 0.3) is 0 Å². The number of carbonyl (C=O) groups excluding carboxylic acids is 1. The van der Waals surface area contributed by atoms with Crippen molar-refractivity contribution in [3.05, 3.63) is 83.7 Å². The average molecular weight is 557 g/mol. The number of fused-ring (bicyclic) bond motifs is 1. The van der Waals surface area contributed by atoms with Crippen LogP contribution in [0.3, 0.4) is 0 Å². The third-order valence-electron chi connectivity index (χ3n) is 6.75. The van der Waals surface area contributed by atoms with Gasteiger partial charge in [0.1, 0.15) is 0 Å². The quantitative estimate of drug-likeness (QED) is 0.314. The standard InChI is InChI=1S/C27H26F2N4O3S2/c1-2-18-6-5-8-24-25(18)31-27(37-24)33(17-20-7-3-4-13-30-20)26(34)19-11-14-32(15-12-19)38(35,36)21-9-10-22(28)23(29)16-21/h3-10,13,16,19H,2,11-12,14-15,17H2,1H3. The van der Waals surface area contributed by atoms with Crippen molar-refractivity contribution in [3.8, 4) is 0 Å². The van der Waals surface area contributed by atoms with Gasteiger partial charge in [-0.15, -0.1) is 0 Å². The first-order valence-corrected chi connectivity index (χ1v) is 14.6. The molecule has 0 unspecified atom stereocenters. The molecule has 4 aromatic rings. The number of nitrogens with zero attached hydrogens (tertiary/aromatic N) is 4. The largest absolute Gasteiger partial charge is 0.282 e. The highest BCUT2D eigenvalue weighted by Crippen LogP contribution is 2.34. The molecule has 1 saturated heterocycles. The number of para-hydroxylation sites is 1. The first-order valence-electron chi connectivity index (χ1n) is 12.3. The number of halogens is 2. The minimum absolute atomic E-state index is 0.0923. The topological polar surface area (TPSA) is 83.5 Å². The summed E-state index contributed by atoms with van der Waals surface area (Å²) in [5, 5.41) is 0.577. The molecule has 38 heavy (non-hydrogen) atoms. The number of sulfonamides is 1. The lowest BCUT2D eigenvalue weighted by Gasteiger charge is -2.33. The second kappa shape index (κ2) is 10.8. The number of rotatable bonds is 7. The van der Waals surface area contributed by atoms with E-state index in [0.717, 1.165) is 34.3 Å². The van der Waals surface area contributed by atoms with Gasteiger partial charge in [0.15, 0.2) is 16.8 Å². The van der Waals surface area contributed by atoms with Crippen LogP contribution in [-0.2, 0) is 27.8 Å². The van der Waals surface area contributed by atoms with Crippen molar-refractivity contribution in [2.45, 2.75) is 37.6 Å². The normalized spacial score (nSPS) is 15.1. The Morgan fingerprint density at radius 1 is 1.08 bits per heavy atom. The Balaban J connectivity index is 1.38. The predicted molar refractivity (Wildman–Crippen MR) is 142 cm³/mol. The number of carbonyl (C=O) groups is 1. The summed E-state index contributed by atoms with van der Waals surface area (Å²) in [6, 6.07) is 14.1. The molecule has 11 heteroatoms. The van der Waals surface area contributed by atoms with E-state index < -0.39 is 27.6 Å². The molecule has 3 heterocycles.